The van der Waals surface area contributed by atoms with Gasteiger partial charge >= 0.3 is 0 Å². The summed E-state index contributed by atoms with van der Waals surface area (Å²) < 4.78 is 11.2. The molecule has 0 aromatic heterocycles. The van der Waals surface area contributed by atoms with Gasteiger partial charge in [0.1, 0.15) is 5.75 Å². The summed E-state index contributed by atoms with van der Waals surface area (Å²) in [4.78, 5) is 0. The quantitative estimate of drug-likeness (QED) is 0.653. The highest BCUT2D eigenvalue weighted by molar-refractivity contribution is 5.42. The van der Waals surface area contributed by atoms with Gasteiger partial charge in [-0.15, -0.1) is 0 Å². The lowest BCUT2D eigenvalue weighted by molar-refractivity contribution is -0.139. The van der Waals surface area contributed by atoms with Gasteiger partial charge in [0, 0.05) is 19.3 Å². The zero-order valence-corrected chi connectivity index (χ0v) is 14.6. The van der Waals surface area contributed by atoms with Crippen molar-refractivity contribution in [2.75, 3.05) is 7.11 Å². The molecule has 1 fully saturated rings. The minimum Gasteiger partial charge on any atom is -0.508 e. The Bertz CT molecular complexity index is 730. The SMILES string of the molecule is COc1cc([C@@H]2C[C@H](O)C[C@H]([C@@H](O)Cc3ccc(O)cc3)O2)ccc1O. The Hall–Kier alpha value is -2.28. The maximum Gasteiger partial charge on any atom is 0.160 e. The van der Waals surface area contributed by atoms with Crippen molar-refractivity contribution in [1.29, 1.82) is 0 Å². The lowest BCUT2D eigenvalue weighted by Crippen LogP contribution is -2.40. The van der Waals surface area contributed by atoms with E-state index in [1.807, 2.05) is 0 Å². The summed E-state index contributed by atoms with van der Waals surface area (Å²) in [5, 5.41) is 39.9. The number of hydrogen-bond acceptors (Lipinski definition) is 6. The largest absolute Gasteiger partial charge is 0.508 e. The van der Waals surface area contributed by atoms with Crippen LogP contribution in [0.1, 0.15) is 30.1 Å². The van der Waals surface area contributed by atoms with E-state index in [0.717, 1.165) is 11.1 Å². The fourth-order valence-corrected chi connectivity index (χ4v) is 3.30. The maximum atomic E-state index is 10.6. The Kier molecular flexibility index (Phi) is 5.66. The van der Waals surface area contributed by atoms with Gasteiger partial charge in [0.05, 0.1) is 31.5 Å². The van der Waals surface area contributed by atoms with E-state index < -0.39 is 24.4 Å². The van der Waals surface area contributed by atoms with E-state index in [1.54, 1.807) is 36.4 Å². The van der Waals surface area contributed by atoms with Gasteiger partial charge < -0.3 is 29.9 Å². The fraction of sp³-hybridized carbons (Fsp3) is 0.400. The van der Waals surface area contributed by atoms with Crippen LogP contribution >= 0.6 is 0 Å². The van der Waals surface area contributed by atoms with Gasteiger partial charge in [0.25, 0.3) is 0 Å². The second-order valence-corrected chi connectivity index (χ2v) is 6.66. The summed E-state index contributed by atoms with van der Waals surface area (Å²) in [6, 6.07) is 11.6. The van der Waals surface area contributed by atoms with Crippen molar-refractivity contribution in [3.8, 4) is 17.2 Å². The van der Waals surface area contributed by atoms with Gasteiger partial charge in [-0.2, -0.15) is 0 Å². The predicted octanol–water partition coefficient (Wildman–Crippen LogP) is 2.29. The number of phenols is 2. The first-order valence-corrected chi connectivity index (χ1v) is 8.62. The first kappa shape index (κ1) is 18.5. The van der Waals surface area contributed by atoms with E-state index in [2.05, 4.69) is 0 Å². The molecule has 0 aliphatic carbocycles. The molecule has 4 N–H and O–H groups in total. The van der Waals surface area contributed by atoms with Gasteiger partial charge in [-0.1, -0.05) is 18.2 Å². The number of aliphatic hydroxyl groups excluding tert-OH is 2. The standard InChI is InChI=1S/C20H24O6/c1-25-19-9-13(4-7-16(19)23)18-10-15(22)11-20(26-18)17(24)8-12-2-5-14(21)6-3-12/h2-7,9,15,17-18,20-24H,8,10-11H2,1H3/t15-,17-,18-,20+/m0/s1. The highest BCUT2D eigenvalue weighted by Gasteiger charge is 2.33. The molecular formula is C20H24O6. The maximum absolute atomic E-state index is 10.6. The van der Waals surface area contributed by atoms with Crippen LogP contribution < -0.4 is 4.74 Å². The minimum atomic E-state index is -0.781. The molecule has 2 aromatic rings. The average molecular weight is 360 g/mol. The number of hydrogen-bond donors (Lipinski definition) is 4. The summed E-state index contributed by atoms with van der Waals surface area (Å²) in [6.45, 7) is 0. The zero-order valence-electron chi connectivity index (χ0n) is 14.6. The Morgan fingerprint density at radius 1 is 1.12 bits per heavy atom. The molecule has 0 radical (unpaired) electrons. The molecule has 26 heavy (non-hydrogen) atoms. The van der Waals surface area contributed by atoms with E-state index in [9.17, 15) is 20.4 Å². The van der Waals surface area contributed by atoms with E-state index >= 15 is 0 Å². The van der Waals surface area contributed by atoms with E-state index in [-0.39, 0.29) is 11.5 Å². The smallest absolute Gasteiger partial charge is 0.160 e. The Morgan fingerprint density at radius 3 is 2.54 bits per heavy atom. The molecule has 0 amide bonds. The summed E-state index contributed by atoms with van der Waals surface area (Å²) in [7, 11) is 1.47. The Morgan fingerprint density at radius 2 is 1.85 bits per heavy atom. The van der Waals surface area contributed by atoms with Gasteiger partial charge in [-0.05, 0) is 35.4 Å². The zero-order chi connectivity index (χ0) is 18.7. The monoisotopic (exact) mass is 360 g/mol. The number of phenolic OH excluding ortho intramolecular Hbond substituents is 2. The van der Waals surface area contributed by atoms with Crippen molar-refractivity contribution < 1.29 is 29.9 Å². The van der Waals surface area contributed by atoms with Gasteiger partial charge in [0.2, 0.25) is 0 Å². The molecule has 0 saturated carbocycles. The lowest BCUT2D eigenvalue weighted by Gasteiger charge is -2.36. The van der Waals surface area contributed by atoms with E-state index in [4.69, 9.17) is 9.47 Å². The first-order valence-electron chi connectivity index (χ1n) is 8.62. The van der Waals surface area contributed by atoms with Gasteiger partial charge in [-0.3, -0.25) is 0 Å². The van der Waals surface area contributed by atoms with Gasteiger partial charge in [-0.25, -0.2) is 0 Å². The third-order valence-electron chi connectivity index (χ3n) is 4.72. The molecule has 0 unspecified atom stereocenters. The Balaban J connectivity index is 1.72. The van der Waals surface area contributed by atoms with E-state index in [1.165, 1.54) is 13.2 Å². The summed E-state index contributed by atoms with van der Waals surface area (Å²) >= 11 is 0. The molecule has 3 rings (SSSR count). The molecule has 1 saturated heterocycles. The van der Waals surface area contributed by atoms with Crippen LogP contribution in [0.15, 0.2) is 42.5 Å². The molecule has 2 aromatic carbocycles. The number of aliphatic hydroxyl groups is 2. The summed E-state index contributed by atoms with van der Waals surface area (Å²) in [5.74, 6) is 0.554. The lowest BCUT2D eigenvalue weighted by atomic mass is 9.92. The van der Waals surface area contributed by atoms with Crippen LogP contribution in [0.5, 0.6) is 17.2 Å². The molecule has 1 aliphatic rings. The molecule has 140 valence electrons. The average Bonchev–Trinajstić information content (AvgIpc) is 2.63. The van der Waals surface area contributed by atoms with Crippen LogP contribution in [-0.2, 0) is 11.2 Å². The minimum absolute atomic E-state index is 0.0384. The highest BCUT2D eigenvalue weighted by atomic mass is 16.5. The van der Waals surface area contributed by atoms with Crippen LogP contribution in [-0.4, -0.2) is 45.8 Å². The van der Waals surface area contributed by atoms with Gasteiger partial charge in [0.15, 0.2) is 11.5 Å². The van der Waals surface area contributed by atoms with Crippen LogP contribution in [0.25, 0.3) is 0 Å². The van der Waals surface area contributed by atoms with Crippen molar-refractivity contribution in [3.63, 3.8) is 0 Å². The van der Waals surface area contributed by atoms with Crippen LogP contribution in [0.4, 0.5) is 0 Å². The predicted molar refractivity (Wildman–Crippen MR) is 95.3 cm³/mol. The number of ether oxygens (including phenoxy) is 2. The normalized spacial score (nSPS) is 24.2. The van der Waals surface area contributed by atoms with Crippen LogP contribution in [0, 0.1) is 0 Å². The second-order valence-electron chi connectivity index (χ2n) is 6.66. The number of benzene rings is 2. The van der Waals surface area contributed by atoms with Crippen molar-refractivity contribution in [2.24, 2.45) is 0 Å². The molecule has 0 spiro atoms. The molecule has 0 bridgehead atoms. The van der Waals surface area contributed by atoms with Crippen molar-refractivity contribution in [2.45, 2.75) is 43.7 Å². The molecule has 1 heterocycles. The number of methoxy groups -OCH3 is 1. The topological polar surface area (TPSA) is 99.4 Å². The summed E-state index contributed by atoms with van der Waals surface area (Å²) in [6.07, 6.45) is -1.15. The second kappa shape index (κ2) is 7.95. The Labute approximate surface area is 152 Å². The van der Waals surface area contributed by atoms with Crippen molar-refractivity contribution in [3.05, 3.63) is 53.6 Å². The van der Waals surface area contributed by atoms with Crippen LogP contribution in [0.3, 0.4) is 0 Å². The van der Waals surface area contributed by atoms with Crippen molar-refractivity contribution in [1.82, 2.24) is 0 Å². The third kappa shape index (κ3) is 4.27. The van der Waals surface area contributed by atoms with Crippen molar-refractivity contribution >= 4 is 0 Å². The number of rotatable bonds is 5. The third-order valence-corrected chi connectivity index (χ3v) is 4.72. The molecular weight excluding hydrogens is 336 g/mol. The van der Waals surface area contributed by atoms with Crippen LogP contribution in [0.2, 0.25) is 0 Å². The summed E-state index contributed by atoms with van der Waals surface area (Å²) in [5.41, 5.74) is 1.65. The fourth-order valence-electron chi connectivity index (χ4n) is 3.30. The molecule has 6 heteroatoms. The molecule has 6 nitrogen and oxygen atoms in total. The first-order chi connectivity index (χ1) is 12.5. The number of aromatic hydroxyl groups is 2. The molecule has 1 aliphatic heterocycles. The van der Waals surface area contributed by atoms with E-state index in [0.29, 0.717) is 25.0 Å². The molecule has 4 atom stereocenters. The highest BCUT2D eigenvalue weighted by Crippen LogP contribution is 2.37.